The normalized spacial score (nSPS) is 14.6. The average Bonchev–Trinajstić information content (AvgIpc) is 2.60. The number of likely N-dealkylation sites (tertiary alicyclic amines) is 1. The molecule has 1 aromatic heterocycles. The van der Waals surface area contributed by atoms with Crippen molar-refractivity contribution in [2.24, 2.45) is 0 Å². The highest BCUT2D eigenvalue weighted by atomic mass is 16.2. The third kappa shape index (κ3) is 4.06. The Balaban J connectivity index is 1.66. The zero-order chi connectivity index (χ0) is 16.1. The number of nitrogens with zero attached hydrogens (tertiary/aromatic N) is 3. The molecule has 0 radical (unpaired) electrons. The van der Waals surface area contributed by atoms with Crippen LogP contribution in [0.25, 0.3) is 0 Å². The van der Waals surface area contributed by atoms with Gasteiger partial charge in [-0.2, -0.15) is 0 Å². The summed E-state index contributed by atoms with van der Waals surface area (Å²) in [6.45, 7) is 4.41. The van der Waals surface area contributed by atoms with E-state index >= 15 is 0 Å². The number of carbonyl (C=O) groups is 1. The minimum absolute atomic E-state index is 0.00528. The monoisotopic (exact) mass is 310 g/mol. The van der Waals surface area contributed by atoms with Gasteiger partial charge in [-0.1, -0.05) is 29.8 Å². The van der Waals surface area contributed by atoms with Crippen molar-refractivity contribution in [3.05, 3.63) is 53.5 Å². The fourth-order valence-corrected chi connectivity index (χ4v) is 2.84. The van der Waals surface area contributed by atoms with Gasteiger partial charge in [0.25, 0.3) is 5.91 Å². The van der Waals surface area contributed by atoms with Gasteiger partial charge in [0.05, 0.1) is 0 Å². The first-order chi connectivity index (χ1) is 11.2. The summed E-state index contributed by atoms with van der Waals surface area (Å²) in [5.74, 6) is 0.688. The van der Waals surface area contributed by atoms with Crippen molar-refractivity contribution in [3.63, 3.8) is 0 Å². The SMILES string of the molecule is Cc1cccc(CNc2cc(C(=O)N3CCCCC3)ncn2)c1. The molecule has 1 fully saturated rings. The summed E-state index contributed by atoms with van der Waals surface area (Å²) in [4.78, 5) is 22.7. The quantitative estimate of drug-likeness (QED) is 0.943. The number of benzene rings is 1. The van der Waals surface area contributed by atoms with E-state index in [1.54, 1.807) is 6.07 Å². The number of carbonyl (C=O) groups excluding carboxylic acids is 1. The maximum absolute atomic E-state index is 12.5. The molecular weight excluding hydrogens is 288 g/mol. The van der Waals surface area contributed by atoms with E-state index in [0.717, 1.165) is 25.9 Å². The summed E-state index contributed by atoms with van der Waals surface area (Å²) < 4.78 is 0. The van der Waals surface area contributed by atoms with E-state index in [9.17, 15) is 4.79 Å². The number of hydrogen-bond donors (Lipinski definition) is 1. The Labute approximate surface area is 136 Å². The van der Waals surface area contributed by atoms with Crippen molar-refractivity contribution < 1.29 is 4.79 Å². The molecule has 1 aliphatic heterocycles. The summed E-state index contributed by atoms with van der Waals surface area (Å²) in [6.07, 6.45) is 4.82. The van der Waals surface area contributed by atoms with E-state index in [4.69, 9.17) is 0 Å². The van der Waals surface area contributed by atoms with E-state index in [1.165, 1.54) is 23.9 Å². The molecule has 0 atom stereocenters. The Morgan fingerprint density at radius 2 is 2.00 bits per heavy atom. The lowest BCUT2D eigenvalue weighted by atomic mass is 10.1. The van der Waals surface area contributed by atoms with Crippen LogP contribution in [0.1, 0.15) is 40.9 Å². The fourth-order valence-electron chi connectivity index (χ4n) is 2.84. The van der Waals surface area contributed by atoms with E-state index in [-0.39, 0.29) is 5.91 Å². The molecule has 1 N–H and O–H groups in total. The van der Waals surface area contributed by atoms with Crippen LogP contribution >= 0.6 is 0 Å². The zero-order valence-electron chi connectivity index (χ0n) is 13.5. The van der Waals surface area contributed by atoms with Gasteiger partial charge in [-0.15, -0.1) is 0 Å². The number of piperidine rings is 1. The number of amides is 1. The van der Waals surface area contributed by atoms with Crippen LogP contribution in [0.5, 0.6) is 0 Å². The molecule has 0 spiro atoms. The molecule has 0 saturated carbocycles. The smallest absolute Gasteiger partial charge is 0.272 e. The van der Waals surface area contributed by atoms with Crippen molar-refractivity contribution in [1.82, 2.24) is 14.9 Å². The predicted molar refractivity (Wildman–Crippen MR) is 90.3 cm³/mol. The highest BCUT2D eigenvalue weighted by Crippen LogP contribution is 2.14. The van der Waals surface area contributed by atoms with Gasteiger partial charge in [-0.3, -0.25) is 4.79 Å². The number of rotatable bonds is 4. The van der Waals surface area contributed by atoms with Gasteiger partial charge in [-0.05, 0) is 31.7 Å². The second kappa shape index (κ2) is 7.22. The van der Waals surface area contributed by atoms with Gasteiger partial charge in [0.2, 0.25) is 0 Å². The molecule has 2 aromatic rings. The number of aryl methyl sites for hydroxylation is 1. The maximum Gasteiger partial charge on any atom is 0.272 e. The molecule has 23 heavy (non-hydrogen) atoms. The van der Waals surface area contributed by atoms with Crippen LogP contribution < -0.4 is 5.32 Å². The molecule has 1 saturated heterocycles. The lowest BCUT2D eigenvalue weighted by Crippen LogP contribution is -2.36. The second-order valence-electron chi connectivity index (χ2n) is 5.98. The fraction of sp³-hybridized carbons (Fsp3) is 0.389. The Bertz CT molecular complexity index is 680. The summed E-state index contributed by atoms with van der Waals surface area (Å²) >= 11 is 0. The maximum atomic E-state index is 12.5. The van der Waals surface area contributed by atoms with E-state index < -0.39 is 0 Å². The molecular formula is C18H22N4O. The molecule has 120 valence electrons. The highest BCUT2D eigenvalue weighted by Gasteiger charge is 2.19. The van der Waals surface area contributed by atoms with Crippen LogP contribution in [0.3, 0.4) is 0 Å². The molecule has 0 bridgehead atoms. The second-order valence-corrected chi connectivity index (χ2v) is 5.98. The summed E-state index contributed by atoms with van der Waals surface area (Å²) in [6, 6.07) is 10.1. The van der Waals surface area contributed by atoms with E-state index in [1.807, 2.05) is 11.0 Å². The van der Waals surface area contributed by atoms with Crippen LogP contribution in [-0.2, 0) is 6.54 Å². The van der Waals surface area contributed by atoms with Crippen LogP contribution in [0.2, 0.25) is 0 Å². The topological polar surface area (TPSA) is 58.1 Å². The minimum atomic E-state index is 0.00528. The first-order valence-electron chi connectivity index (χ1n) is 8.13. The minimum Gasteiger partial charge on any atom is -0.366 e. The lowest BCUT2D eigenvalue weighted by molar-refractivity contribution is 0.0718. The van der Waals surface area contributed by atoms with Gasteiger partial charge in [0, 0.05) is 25.7 Å². The van der Waals surface area contributed by atoms with Crippen LogP contribution in [-0.4, -0.2) is 33.9 Å². The van der Waals surface area contributed by atoms with Gasteiger partial charge in [0.1, 0.15) is 17.8 Å². The third-order valence-electron chi connectivity index (χ3n) is 4.09. The van der Waals surface area contributed by atoms with Gasteiger partial charge in [0.15, 0.2) is 0 Å². The lowest BCUT2D eigenvalue weighted by Gasteiger charge is -2.26. The Morgan fingerprint density at radius 1 is 1.17 bits per heavy atom. The van der Waals surface area contributed by atoms with Crippen LogP contribution in [0.15, 0.2) is 36.7 Å². The number of anilines is 1. The zero-order valence-corrected chi connectivity index (χ0v) is 13.5. The molecule has 5 nitrogen and oxygen atoms in total. The highest BCUT2D eigenvalue weighted by molar-refractivity contribution is 5.92. The van der Waals surface area contributed by atoms with Crippen molar-refractivity contribution in [2.45, 2.75) is 32.7 Å². The van der Waals surface area contributed by atoms with Crippen molar-refractivity contribution in [1.29, 1.82) is 0 Å². The number of aromatic nitrogens is 2. The van der Waals surface area contributed by atoms with E-state index in [2.05, 4.69) is 40.4 Å². The summed E-state index contributed by atoms with van der Waals surface area (Å²) in [7, 11) is 0. The van der Waals surface area contributed by atoms with Crippen molar-refractivity contribution >= 4 is 11.7 Å². The van der Waals surface area contributed by atoms with Gasteiger partial charge in [-0.25, -0.2) is 9.97 Å². The molecule has 5 heteroatoms. The van der Waals surface area contributed by atoms with Gasteiger partial charge < -0.3 is 10.2 Å². The average molecular weight is 310 g/mol. The molecule has 0 unspecified atom stereocenters. The largest absolute Gasteiger partial charge is 0.366 e. The molecule has 1 aliphatic rings. The molecule has 1 aromatic carbocycles. The Hall–Kier alpha value is -2.43. The van der Waals surface area contributed by atoms with Crippen LogP contribution in [0.4, 0.5) is 5.82 Å². The molecule has 3 rings (SSSR count). The molecule has 0 aliphatic carbocycles. The number of nitrogens with one attached hydrogen (secondary N) is 1. The van der Waals surface area contributed by atoms with Crippen molar-refractivity contribution in [3.8, 4) is 0 Å². The van der Waals surface area contributed by atoms with Gasteiger partial charge >= 0.3 is 0 Å². The number of hydrogen-bond acceptors (Lipinski definition) is 4. The summed E-state index contributed by atoms with van der Waals surface area (Å²) in [5, 5.41) is 3.26. The Morgan fingerprint density at radius 3 is 2.78 bits per heavy atom. The Kier molecular flexibility index (Phi) is 4.86. The standard InChI is InChI=1S/C18H22N4O/c1-14-6-5-7-15(10-14)12-19-17-11-16(20-13-21-17)18(23)22-8-3-2-4-9-22/h5-7,10-11,13H,2-4,8-9,12H2,1H3,(H,19,20,21). The molecule has 2 heterocycles. The molecule has 1 amide bonds. The predicted octanol–water partition coefficient (Wildman–Crippen LogP) is 3.02. The first kappa shape index (κ1) is 15.5. The first-order valence-corrected chi connectivity index (χ1v) is 8.13. The van der Waals surface area contributed by atoms with Crippen LogP contribution in [0, 0.1) is 6.92 Å². The van der Waals surface area contributed by atoms with E-state index in [0.29, 0.717) is 18.1 Å². The summed E-state index contributed by atoms with van der Waals surface area (Å²) in [5.41, 5.74) is 2.88. The van der Waals surface area contributed by atoms with Crippen molar-refractivity contribution in [2.75, 3.05) is 18.4 Å². The third-order valence-corrected chi connectivity index (χ3v) is 4.09.